The Morgan fingerprint density at radius 2 is 2.10 bits per heavy atom. The fourth-order valence-corrected chi connectivity index (χ4v) is 1.02. The second-order valence-corrected chi connectivity index (χ2v) is 2.51. The second kappa shape index (κ2) is 3.30. The molecule has 3 atom stereocenters. The summed E-state index contributed by atoms with van der Waals surface area (Å²) in [6.07, 6.45) is -1.53. The van der Waals surface area contributed by atoms with Crippen molar-refractivity contribution >= 4 is 0 Å². The lowest BCUT2D eigenvalue weighted by Gasteiger charge is -2.29. The lowest BCUT2D eigenvalue weighted by atomic mass is 10.0. The Morgan fingerprint density at radius 1 is 1.40 bits per heavy atom. The normalized spacial score (nSPS) is 41.7. The zero-order valence-electron chi connectivity index (χ0n) is 5.60. The summed E-state index contributed by atoms with van der Waals surface area (Å²) < 4.78 is 4.90. The van der Waals surface area contributed by atoms with E-state index in [9.17, 15) is 0 Å². The van der Waals surface area contributed by atoms with E-state index in [1.54, 1.807) is 0 Å². The minimum absolute atomic E-state index is 0.187. The van der Waals surface area contributed by atoms with Gasteiger partial charge in [-0.15, -0.1) is 0 Å². The summed E-state index contributed by atoms with van der Waals surface area (Å²) in [5.41, 5.74) is 0. The quantitative estimate of drug-likeness (QED) is 0.423. The standard InChI is InChI=1S/C6H12O4/c7-2-6-5(9)1-4(8)3-10-6/h4-9H,1-3H2/t4-,5?,6+/m0/s1. The molecule has 3 N–H and O–H groups in total. The molecular formula is C6H12O4. The van der Waals surface area contributed by atoms with Crippen LogP contribution in [0.3, 0.4) is 0 Å². The number of ether oxygens (including phenoxy) is 1. The van der Waals surface area contributed by atoms with Crippen LogP contribution in [-0.2, 0) is 4.74 Å². The highest BCUT2D eigenvalue weighted by molar-refractivity contribution is 4.76. The molecule has 10 heavy (non-hydrogen) atoms. The van der Waals surface area contributed by atoms with Crippen LogP contribution in [0.1, 0.15) is 6.42 Å². The van der Waals surface area contributed by atoms with Crippen molar-refractivity contribution in [2.24, 2.45) is 0 Å². The molecule has 1 heterocycles. The van der Waals surface area contributed by atoms with Gasteiger partial charge in [0.2, 0.25) is 0 Å². The van der Waals surface area contributed by atoms with E-state index in [0.29, 0.717) is 6.42 Å². The van der Waals surface area contributed by atoms with Gasteiger partial charge in [0, 0.05) is 6.42 Å². The maximum absolute atomic E-state index is 9.09. The highest BCUT2D eigenvalue weighted by Gasteiger charge is 2.27. The van der Waals surface area contributed by atoms with Gasteiger partial charge in [-0.1, -0.05) is 0 Å². The average Bonchev–Trinajstić information content (AvgIpc) is 1.88. The Bertz CT molecular complexity index is 106. The molecule has 0 aromatic heterocycles. The molecule has 0 aromatic carbocycles. The zero-order chi connectivity index (χ0) is 7.56. The van der Waals surface area contributed by atoms with Crippen molar-refractivity contribution in [3.05, 3.63) is 0 Å². The van der Waals surface area contributed by atoms with Gasteiger partial charge in [0.15, 0.2) is 0 Å². The fourth-order valence-electron chi connectivity index (χ4n) is 1.02. The van der Waals surface area contributed by atoms with Crippen LogP contribution in [0.4, 0.5) is 0 Å². The molecule has 1 unspecified atom stereocenters. The van der Waals surface area contributed by atoms with Crippen LogP contribution in [0.15, 0.2) is 0 Å². The van der Waals surface area contributed by atoms with E-state index in [2.05, 4.69) is 0 Å². The van der Waals surface area contributed by atoms with Gasteiger partial charge in [0.05, 0.1) is 25.4 Å². The van der Waals surface area contributed by atoms with E-state index in [-0.39, 0.29) is 13.2 Å². The topological polar surface area (TPSA) is 69.9 Å². The largest absolute Gasteiger partial charge is 0.394 e. The van der Waals surface area contributed by atoms with Crippen molar-refractivity contribution < 1.29 is 20.1 Å². The molecule has 1 saturated heterocycles. The average molecular weight is 148 g/mol. The first-order valence-corrected chi connectivity index (χ1v) is 3.32. The molecule has 0 amide bonds. The van der Waals surface area contributed by atoms with E-state index >= 15 is 0 Å². The van der Waals surface area contributed by atoms with E-state index in [1.165, 1.54) is 0 Å². The van der Waals surface area contributed by atoms with Gasteiger partial charge in [-0.25, -0.2) is 0 Å². The number of hydrogen-bond donors (Lipinski definition) is 3. The van der Waals surface area contributed by atoms with E-state index < -0.39 is 18.3 Å². The van der Waals surface area contributed by atoms with Crippen LogP contribution in [-0.4, -0.2) is 46.8 Å². The first-order chi connectivity index (χ1) is 4.74. The van der Waals surface area contributed by atoms with Crippen molar-refractivity contribution in [3.8, 4) is 0 Å². The number of aliphatic hydroxyl groups is 3. The van der Waals surface area contributed by atoms with Gasteiger partial charge in [-0.05, 0) is 0 Å². The van der Waals surface area contributed by atoms with Gasteiger partial charge in [-0.3, -0.25) is 0 Å². The summed E-state index contributed by atoms with van der Waals surface area (Å²) in [6.45, 7) is 0.0240. The minimum atomic E-state index is -0.728. The Balaban J connectivity index is 2.36. The Morgan fingerprint density at radius 3 is 2.60 bits per heavy atom. The molecule has 1 rings (SSSR count). The third-order valence-corrected chi connectivity index (χ3v) is 1.63. The van der Waals surface area contributed by atoms with Crippen LogP contribution in [0.2, 0.25) is 0 Å². The van der Waals surface area contributed by atoms with Crippen molar-refractivity contribution in [1.29, 1.82) is 0 Å². The molecule has 0 aromatic rings. The van der Waals surface area contributed by atoms with Gasteiger partial charge in [-0.2, -0.15) is 0 Å². The van der Waals surface area contributed by atoms with Crippen molar-refractivity contribution in [2.45, 2.75) is 24.7 Å². The molecule has 0 spiro atoms. The van der Waals surface area contributed by atoms with Crippen LogP contribution in [0, 0.1) is 0 Å². The number of hydrogen-bond acceptors (Lipinski definition) is 4. The highest BCUT2D eigenvalue weighted by atomic mass is 16.5. The van der Waals surface area contributed by atoms with Crippen LogP contribution in [0.5, 0.6) is 0 Å². The zero-order valence-corrected chi connectivity index (χ0v) is 5.60. The number of rotatable bonds is 1. The van der Waals surface area contributed by atoms with Gasteiger partial charge in [0.1, 0.15) is 6.10 Å². The Kier molecular flexibility index (Phi) is 2.62. The summed E-state index contributed by atoms with van der Waals surface area (Å²) in [5.74, 6) is 0. The van der Waals surface area contributed by atoms with Gasteiger partial charge in [0.25, 0.3) is 0 Å². The molecule has 4 nitrogen and oxygen atoms in total. The molecule has 0 radical (unpaired) electrons. The lowest BCUT2D eigenvalue weighted by molar-refractivity contribution is -0.136. The molecule has 1 fully saturated rings. The molecular weight excluding hydrogens is 136 g/mol. The first-order valence-electron chi connectivity index (χ1n) is 3.32. The minimum Gasteiger partial charge on any atom is -0.394 e. The van der Waals surface area contributed by atoms with Gasteiger partial charge < -0.3 is 20.1 Å². The van der Waals surface area contributed by atoms with Crippen LogP contribution < -0.4 is 0 Å². The first kappa shape index (κ1) is 7.94. The number of aliphatic hydroxyl groups excluding tert-OH is 3. The predicted molar refractivity (Wildman–Crippen MR) is 33.5 cm³/mol. The molecule has 1 aliphatic rings. The summed E-state index contributed by atoms with van der Waals surface area (Å²) >= 11 is 0. The molecule has 0 aliphatic carbocycles. The predicted octanol–water partition coefficient (Wildman–Crippen LogP) is -1.51. The third kappa shape index (κ3) is 1.67. The molecule has 1 aliphatic heterocycles. The molecule has 0 bridgehead atoms. The Hall–Kier alpha value is -0.160. The summed E-state index contributed by atoms with van der Waals surface area (Å²) in [5, 5.41) is 26.6. The molecule has 0 saturated carbocycles. The summed E-state index contributed by atoms with van der Waals surface area (Å²) in [6, 6.07) is 0. The Labute approximate surface area is 59.1 Å². The van der Waals surface area contributed by atoms with Gasteiger partial charge >= 0.3 is 0 Å². The van der Waals surface area contributed by atoms with E-state index in [1.807, 2.05) is 0 Å². The summed E-state index contributed by atoms with van der Waals surface area (Å²) in [4.78, 5) is 0. The van der Waals surface area contributed by atoms with E-state index in [4.69, 9.17) is 20.1 Å². The van der Waals surface area contributed by atoms with Crippen LogP contribution >= 0.6 is 0 Å². The van der Waals surface area contributed by atoms with Crippen LogP contribution in [0.25, 0.3) is 0 Å². The summed E-state index contributed by atoms with van der Waals surface area (Å²) in [7, 11) is 0. The van der Waals surface area contributed by atoms with Crippen molar-refractivity contribution in [3.63, 3.8) is 0 Å². The maximum Gasteiger partial charge on any atom is 0.107 e. The fraction of sp³-hybridized carbons (Fsp3) is 1.00. The monoisotopic (exact) mass is 148 g/mol. The molecule has 4 heteroatoms. The van der Waals surface area contributed by atoms with Crippen molar-refractivity contribution in [2.75, 3.05) is 13.2 Å². The smallest absolute Gasteiger partial charge is 0.107 e. The van der Waals surface area contributed by atoms with Crippen molar-refractivity contribution in [1.82, 2.24) is 0 Å². The second-order valence-electron chi connectivity index (χ2n) is 2.51. The SMILES string of the molecule is OC[C@H]1OC[C@@H](O)CC1O. The third-order valence-electron chi connectivity index (χ3n) is 1.63. The highest BCUT2D eigenvalue weighted by Crippen LogP contribution is 2.13. The lowest BCUT2D eigenvalue weighted by Crippen LogP contribution is -2.42. The van der Waals surface area contributed by atoms with E-state index in [0.717, 1.165) is 0 Å². The maximum atomic E-state index is 9.09. The molecule has 60 valence electrons.